The molecule has 0 atom stereocenters. The zero-order valence-corrected chi connectivity index (χ0v) is 16.0. The molecule has 0 heterocycles. The minimum atomic E-state index is -0.253. The van der Waals surface area contributed by atoms with E-state index in [-0.39, 0.29) is 5.91 Å². The van der Waals surface area contributed by atoms with Crippen LogP contribution in [0.15, 0.2) is 84.0 Å². The molecule has 5 nitrogen and oxygen atoms in total. The highest BCUT2D eigenvalue weighted by Gasteiger charge is 2.04. The Morgan fingerprint density at radius 3 is 2.29 bits per heavy atom. The maximum Gasteiger partial charge on any atom is 0.271 e. The van der Waals surface area contributed by atoms with Crippen molar-refractivity contribution < 1.29 is 9.53 Å². The van der Waals surface area contributed by atoms with E-state index in [1.54, 1.807) is 18.3 Å². The van der Waals surface area contributed by atoms with Crippen LogP contribution in [0.4, 0.5) is 5.69 Å². The van der Waals surface area contributed by atoms with Crippen LogP contribution in [0.3, 0.4) is 0 Å². The predicted molar refractivity (Wildman–Crippen MR) is 113 cm³/mol. The van der Waals surface area contributed by atoms with E-state index in [0.717, 1.165) is 22.6 Å². The smallest absolute Gasteiger partial charge is 0.271 e. The predicted octanol–water partition coefficient (Wildman–Crippen LogP) is 4.10. The molecule has 3 rings (SSSR count). The molecule has 5 heteroatoms. The second-order valence-electron chi connectivity index (χ2n) is 6.48. The van der Waals surface area contributed by atoms with Crippen molar-refractivity contribution in [1.29, 1.82) is 0 Å². The lowest BCUT2D eigenvalue weighted by Gasteiger charge is -2.11. The van der Waals surface area contributed by atoms with Gasteiger partial charge in [-0.3, -0.25) is 4.79 Å². The number of amides is 1. The first-order valence-corrected chi connectivity index (χ1v) is 8.99. The van der Waals surface area contributed by atoms with E-state index >= 15 is 0 Å². The first kappa shape index (κ1) is 19.2. The summed E-state index contributed by atoms with van der Waals surface area (Å²) in [5.74, 6) is 0.564. The van der Waals surface area contributed by atoms with E-state index in [2.05, 4.69) is 10.5 Å². The van der Waals surface area contributed by atoms with Gasteiger partial charge in [0.25, 0.3) is 5.91 Å². The maximum absolute atomic E-state index is 12.2. The van der Waals surface area contributed by atoms with Crippen molar-refractivity contribution in [2.24, 2.45) is 5.10 Å². The number of ether oxygens (including phenoxy) is 1. The molecule has 0 fully saturated rings. The van der Waals surface area contributed by atoms with Crippen LogP contribution in [-0.4, -0.2) is 26.2 Å². The van der Waals surface area contributed by atoms with Gasteiger partial charge in [-0.2, -0.15) is 5.10 Å². The Morgan fingerprint density at radius 1 is 0.964 bits per heavy atom. The molecule has 0 radical (unpaired) electrons. The summed E-state index contributed by atoms with van der Waals surface area (Å²) < 4.78 is 5.70. The van der Waals surface area contributed by atoms with Gasteiger partial charge in [-0.25, -0.2) is 5.43 Å². The van der Waals surface area contributed by atoms with Crippen molar-refractivity contribution in [3.8, 4) is 5.75 Å². The zero-order valence-electron chi connectivity index (χ0n) is 16.0. The van der Waals surface area contributed by atoms with E-state index in [4.69, 9.17) is 4.74 Å². The zero-order chi connectivity index (χ0) is 19.8. The first-order valence-electron chi connectivity index (χ1n) is 8.99. The molecule has 1 N–H and O–H groups in total. The largest absolute Gasteiger partial charge is 0.489 e. The third-order valence-electron chi connectivity index (χ3n) is 4.15. The van der Waals surface area contributed by atoms with Crippen molar-refractivity contribution in [1.82, 2.24) is 5.43 Å². The van der Waals surface area contributed by atoms with Crippen LogP contribution >= 0.6 is 0 Å². The Balaban J connectivity index is 1.51. The number of hydrogen-bond acceptors (Lipinski definition) is 4. The Bertz CT molecular complexity index is 918. The molecule has 0 unspecified atom stereocenters. The summed E-state index contributed by atoms with van der Waals surface area (Å²) in [7, 11) is 3.98. The number of anilines is 1. The van der Waals surface area contributed by atoms with Gasteiger partial charge in [0.05, 0.1) is 6.21 Å². The highest BCUT2D eigenvalue weighted by molar-refractivity contribution is 5.94. The van der Waals surface area contributed by atoms with Crippen molar-refractivity contribution in [3.05, 3.63) is 95.6 Å². The van der Waals surface area contributed by atoms with Gasteiger partial charge in [0, 0.05) is 25.3 Å². The van der Waals surface area contributed by atoms with Crippen LogP contribution in [0, 0.1) is 0 Å². The molecule has 28 heavy (non-hydrogen) atoms. The molecule has 0 spiro atoms. The first-order chi connectivity index (χ1) is 13.6. The number of carbonyl (C=O) groups is 1. The highest BCUT2D eigenvalue weighted by Crippen LogP contribution is 2.13. The Kier molecular flexibility index (Phi) is 6.41. The standard InChI is InChI=1S/C23H23N3O2/c1-26(2)21-14-10-18(11-15-21)16-24-25-23(27)20-12-8-19(9-13-20)17-28-22-6-4-3-5-7-22/h3-16H,17H2,1-2H3,(H,25,27)/b24-16-. The average Bonchev–Trinajstić information content (AvgIpc) is 2.73. The monoisotopic (exact) mass is 373 g/mol. The second kappa shape index (κ2) is 9.37. The Labute approximate surface area is 165 Å². The van der Waals surface area contributed by atoms with E-state index in [0.29, 0.717) is 12.2 Å². The number of nitrogens with one attached hydrogen (secondary N) is 1. The fraction of sp³-hybridized carbons (Fsp3) is 0.130. The SMILES string of the molecule is CN(C)c1ccc(/C=N\NC(=O)c2ccc(COc3ccccc3)cc2)cc1. The van der Waals surface area contributed by atoms with E-state index < -0.39 is 0 Å². The average molecular weight is 373 g/mol. The number of nitrogens with zero attached hydrogens (tertiary/aromatic N) is 2. The Hall–Kier alpha value is -3.60. The lowest BCUT2D eigenvalue weighted by atomic mass is 10.1. The number of hydrogen-bond donors (Lipinski definition) is 1. The highest BCUT2D eigenvalue weighted by atomic mass is 16.5. The minimum Gasteiger partial charge on any atom is -0.489 e. The van der Waals surface area contributed by atoms with Crippen LogP contribution in [-0.2, 0) is 6.61 Å². The number of rotatable bonds is 7. The minimum absolute atomic E-state index is 0.253. The van der Waals surface area contributed by atoms with Gasteiger partial charge in [0.1, 0.15) is 12.4 Å². The van der Waals surface area contributed by atoms with Crippen LogP contribution in [0.1, 0.15) is 21.5 Å². The van der Waals surface area contributed by atoms with Gasteiger partial charge in [-0.1, -0.05) is 42.5 Å². The van der Waals surface area contributed by atoms with Crippen molar-refractivity contribution in [2.45, 2.75) is 6.61 Å². The number of para-hydroxylation sites is 1. The van der Waals surface area contributed by atoms with Gasteiger partial charge in [-0.15, -0.1) is 0 Å². The molecule has 0 saturated carbocycles. The van der Waals surface area contributed by atoms with E-state index in [1.807, 2.05) is 85.7 Å². The molecular weight excluding hydrogens is 350 g/mol. The lowest BCUT2D eigenvalue weighted by Crippen LogP contribution is -2.17. The molecule has 3 aromatic carbocycles. The van der Waals surface area contributed by atoms with Crippen molar-refractivity contribution in [3.63, 3.8) is 0 Å². The topological polar surface area (TPSA) is 53.9 Å². The summed E-state index contributed by atoms with van der Waals surface area (Å²) in [6.07, 6.45) is 1.62. The third kappa shape index (κ3) is 5.45. The van der Waals surface area contributed by atoms with Crippen LogP contribution < -0.4 is 15.1 Å². The van der Waals surface area contributed by atoms with E-state index in [1.165, 1.54) is 0 Å². The maximum atomic E-state index is 12.2. The van der Waals surface area contributed by atoms with Crippen LogP contribution in [0.2, 0.25) is 0 Å². The molecular formula is C23H23N3O2. The van der Waals surface area contributed by atoms with Gasteiger partial charge in [0.2, 0.25) is 0 Å². The molecule has 0 aromatic heterocycles. The molecule has 0 aliphatic rings. The normalized spacial score (nSPS) is 10.6. The van der Waals surface area contributed by atoms with Crippen molar-refractivity contribution >= 4 is 17.8 Å². The molecule has 3 aromatic rings. The fourth-order valence-electron chi connectivity index (χ4n) is 2.52. The molecule has 0 bridgehead atoms. The molecule has 142 valence electrons. The van der Waals surface area contributed by atoms with Crippen molar-refractivity contribution in [2.75, 3.05) is 19.0 Å². The van der Waals surface area contributed by atoms with Gasteiger partial charge >= 0.3 is 0 Å². The summed E-state index contributed by atoms with van der Waals surface area (Å²) in [6.45, 7) is 0.451. The van der Waals surface area contributed by atoms with Crippen LogP contribution in [0.25, 0.3) is 0 Å². The molecule has 0 aliphatic carbocycles. The summed E-state index contributed by atoms with van der Waals surface area (Å²) in [5, 5.41) is 4.03. The number of benzene rings is 3. The number of carbonyl (C=O) groups excluding carboxylic acids is 1. The van der Waals surface area contributed by atoms with Crippen LogP contribution in [0.5, 0.6) is 5.75 Å². The number of hydrazone groups is 1. The quantitative estimate of drug-likeness (QED) is 0.501. The van der Waals surface area contributed by atoms with Gasteiger partial charge < -0.3 is 9.64 Å². The summed E-state index contributed by atoms with van der Waals surface area (Å²) in [6, 6.07) is 24.8. The fourth-order valence-corrected chi connectivity index (χ4v) is 2.52. The van der Waals surface area contributed by atoms with Gasteiger partial charge in [0.15, 0.2) is 0 Å². The summed E-state index contributed by atoms with van der Waals surface area (Å²) in [5.41, 5.74) is 6.11. The summed E-state index contributed by atoms with van der Waals surface area (Å²) in [4.78, 5) is 14.2. The molecule has 1 amide bonds. The van der Waals surface area contributed by atoms with E-state index in [9.17, 15) is 4.79 Å². The molecule has 0 aliphatic heterocycles. The summed E-state index contributed by atoms with van der Waals surface area (Å²) >= 11 is 0. The second-order valence-corrected chi connectivity index (χ2v) is 6.48. The lowest BCUT2D eigenvalue weighted by molar-refractivity contribution is 0.0955. The Morgan fingerprint density at radius 2 is 1.64 bits per heavy atom. The third-order valence-corrected chi connectivity index (χ3v) is 4.15. The van der Waals surface area contributed by atoms with Gasteiger partial charge in [-0.05, 0) is 47.5 Å². The molecule has 0 saturated heterocycles.